The Morgan fingerprint density at radius 2 is 2.18 bits per heavy atom. The van der Waals surface area contributed by atoms with Gasteiger partial charge in [0.2, 0.25) is 0 Å². The molecule has 0 spiro atoms. The maximum Gasteiger partial charge on any atom is 0.471 e. The van der Waals surface area contributed by atoms with Crippen LogP contribution in [0.2, 0.25) is 5.02 Å². The Labute approximate surface area is 71.6 Å². The van der Waals surface area contributed by atoms with E-state index < -0.39 is 0 Å². The summed E-state index contributed by atoms with van der Waals surface area (Å²) < 4.78 is 4.99. The summed E-state index contributed by atoms with van der Waals surface area (Å²) in [7, 11) is 1.25. The first kappa shape index (κ1) is 8.04. The van der Waals surface area contributed by atoms with E-state index in [2.05, 4.69) is 5.82 Å². The second-order valence-electron chi connectivity index (χ2n) is 1.83. The lowest BCUT2D eigenvalue weighted by atomic mass is 10.1. The van der Waals surface area contributed by atoms with Gasteiger partial charge < -0.3 is 4.65 Å². The Morgan fingerprint density at radius 3 is 2.82 bits per heavy atom. The van der Waals surface area contributed by atoms with Crippen LogP contribution < -0.4 is 4.65 Å². The van der Waals surface area contributed by atoms with Gasteiger partial charge in [-0.25, -0.2) is 0 Å². The van der Waals surface area contributed by atoms with Gasteiger partial charge in [0.25, 0.3) is 0 Å². The molecule has 0 heterocycles. The fourth-order valence-corrected chi connectivity index (χ4v) is 0.818. The molecule has 0 unspecified atom stereocenters. The fraction of sp³-hybridized carbons (Fsp3) is 0. The molecule has 3 heteroatoms. The highest BCUT2D eigenvalue weighted by molar-refractivity contribution is 6.40. The predicted octanol–water partition coefficient (Wildman–Crippen LogP) is 1.93. The largest absolute Gasteiger partial charge is 0.550 e. The highest BCUT2D eigenvalue weighted by Gasteiger charge is 1.97. The first-order valence-corrected chi connectivity index (χ1v) is 3.41. The van der Waals surface area contributed by atoms with Crippen LogP contribution in [0.25, 0.3) is 0 Å². The molecule has 0 atom stereocenters. The highest BCUT2D eigenvalue weighted by Crippen LogP contribution is 2.22. The summed E-state index contributed by atoms with van der Waals surface area (Å²) in [6.07, 6.45) is 4.95. The van der Waals surface area contributed by atoms with Gasteiger partial charge in [0.15, 0.2) is 0 Å². The third-order valence-corrected chi connectivity index (χ3v) is 1.40. The summed E-state index contributed by atoms with van der Waals surface area (Å²) in [5.41, 5.74) is 0. The molecule has 11 heavy (non-hydrogen) atoms. The van der Waals surface area contributed by atoms with Crippen LogP contribution in [-0.2, 0) is 0 Å². The molecule has 1 nitrogen and oxygen atoms in total. The fourth-order valence-electron chi connectivity index (χ4n) is 0.638. The second-order valence-corrected chi connectivity index (χ2v) is 2.24. The van der Waals surface area contributed by atoms with Gasteiger partial charge in [-0.05, 0) is 12.1 Å². The quantitative estimate of drug-likeness (QED) is 0.478. The topological polar surface area (TPSA) is 9.23 Å². The van der Waals surface area contributed by atoms with Crippen molar-refractivity contribution in [2.75, 3.05) is 0 Å². The highest BCUT2D eigenvalue weighted by atomic mass is 35.5. The summed E-state index contributed by atoms with van der Waals surface area (Å²) >= 11 is 5.75. The van der Waals surface area contributed by atoms with Crippen molar-refractivity contribution in [1.29, 1.82) is 0 Å². The molecule has 1 rings (SSSR count). The minimum Gasteiger partial charge on any atom is -0.550 e. The van der Waals surface area contributed by atoms with Gasteiger partial charge in [-0.15, -0.1) is 12.2 Å². The standard InChI is InChI=1S/C8H5BClO/c1-2-9-11-8-6-4-3-5-7(8)10/h1,3-6H. The Hall–Kier alpha value is -1.07. The van der Waals surface area contributed by atoms with Crippen LogP contribution in [-0.4, -0.2) is 7.48 Å². The van der Waals surface area contributed by atoms with Crippen LogP contribution >= 0.6 is 11.6 Å². The minimum absolute atomic E-state index is 0.555. The van der Waals surface area contributed by atoms with Crippen LogP contribution in [0, 0.1) is 12.2 Å². The number of benzene rings is 1. The van der Waals surface area contributed by atoms with Crippen molar-refractivity contribution < 1.29 is 4.65 Å². The Balaban J connectivity index is 2.71. The van der Waals surface area contributed by atoms with E-state index in [0.717, 1.165) is 0 Å². The molecule has 0 aliphatic rings. The first-order valence-electron chi connectivity index (χ1n) is 3.03. The van der Waals surface area contributed by atoms with E-state index in [1.165, 1.54) is 7.48 Å². The maximum atomic E-state index is 5.75. The molecule has 0 aliphatic carbocycles. The number of halogens is 1. The number of hydrogen-bond acceptors (Lipinski definition) is 1. The van der Waals surface area contributed by atoms with Crippen molar-refractivity contribution in [3.63, 3.8) is 0 Å². The van der Waals surface area contributed by atoms with Gasteiger partial charge in [-0.2, -0.15) is 0 Å². The zero-order chi connectivity index (χ0) is 8.10. The average Bonchev–Trinajstić information content (AvgIpc) is 2.03. The zero-order valence-corrected chi connectivity index (χ0v) is 6.51. The van der Waals surface area contributed by atoms with E-state index in [4.69, 9.17) is 22.7 Å². The van der Waals surface area contributed by atoms with Gasteiger partial charge in [-0.1, -0.05) is 23.7 Å². The number of rotatable bonds is 2. The average molecular weight is 163 g/mol. The van der Waals surface area contributed by atoms with Gasteiger partial charge in [-0.3, -0.25) is 0 Å². The van der Waals surface area contributed by atoms with Crippen molar-refractivity contribution in [2.24, 2.45) is 0 Å². The van der Waals surface area contributed by atoms with E-state index in [9.17, 15) is 0 Å². The summed E-state index contributed by atoms with van der Waals surface area (Å²) in [4.78, 5) is 0. The van der Waals surface area contributed by atoms with E-state index in [0.29, 0.717) is 10.8 Å². The molecule has 0 saturated heterocycles. The molecule has 0 amide bonds. The van der Waals surface area contributed by atoms with Crippen LogP contribution in [0.5, 0.6) is 5.75 Å². The van der Waals surface area contributed by atoms with Crippen LogP contribution in [0.1, 0.15) is 0 Å². The van der Waals surface area contributed by atoms with E-state index >= 15 is 0 Å². The Morgan fingerprint density at radius 1 is 1.45 bits per heavy atom. The van der Waals surface area contributed by atoms with Gasteiger partial charge in [0.05, 0.1) is 5.02 Å². The normalized spacial score (nSPS) is 8.36. The lowest BCUT2D eigenvalue weighted by molar-refractivity contribution is 0.606. The number of para-hydroxylation sites is 1. The van der Waals surface area contributed by atoms with E-state index in [1.807, 2.05) is 12.1 Å². The Kier molecular flexibility index (Phi) is 2.89. The predicted molar refractivity (Wildman–Crippen MR) is 46.7 cm³/mol. The lowest BCUT2D eigenvalue weighted by Gasteiger charge is -2.02. The first-order chi connectivity index (χ1) is 5.34. The van der Waals surface area contributed by atoms with Crippen molar-refractivity contribution in [3.05, 3.63) is 29.3 Å². The molecule has 53 valence electrons. The molecule has 1 aromatic carbocycles. The molecular weight excluding hydrogens is 158 g/mol. The third kappa shape index (κ3) is 2.21. The summed E-state index contributed by atoms with van der Waals surface area (Å²) in [6, 6.07) is 7.13. The van der Waals surface area contributed by atoms with Crippen molar-refractivity contribution in [1.82, 2.24) is 0 Å². The molecule has 1 radical (unpaired) electrons. The SMILES string of the molecule is C#C[B]Oc1ccccc1Cl. The molecular formula is C8H5BClO. The monoisotopic (exact) mass is 163 g/mol. The van der Waals surface area contributed by atoms with E-state index in [-0.39, 0.29) is 0 Å². The van der Waals surface area contributed by atoms with Crippen molar-refractivity contribution in [3.8, 4) is 18.0 Å². The van der Waals surface area contributed by atoms with Crippen LogP contribution in [0.3, 0.4) is 0 Å². The molecule has 1 aromatic rings. The van der Waals surface area contributed by atoms with Crippen molar-refractivity contribution in [2.45, 2.75) is 0 Å². The Bertz CT molecular complexity index is 280. The number of terminal acetylenes is 1. The van der Waals surface area contributed by atoms with E-state index in [1.54, 1.807) is 12.1 Å². The molecule has 0 fully saturated rings. The minimum atomic E-state index is 0.555. The zero-order valence-electron chi connectivity index (χ0n) is 5.75. The van der Waals surface area contributed by atoms with Gasteiger partial charge in [0.1, 0.15) is 5.75 Å². The van der Waals surface area contributed by atoms with Crippen LogP contribution in [0.4, 0.5) is 0 Å². The molecule has 0 aromatic heterocycles. The molecule has 0 N–H and O–H groups in total. The second kappa shape index (κ2) is 3.95. The summed E-state index contributed by atoms with van der Waals surface area (Å²) in [6.45, 7) is 0. The maximum absolute atomic E-state index is 5.75. The van der Waals surface area contributed by atoms with Gasteiger partial charge in [0, 0.05) is 0 Å². The van der Waals surface area contributed by atoms with Crippen molar-refractivity contribution >= 4 is 19.1 Å². The van der Waals surface area contributed by atoms with Gasteiger partial charge >= 0.3 is 7.48 Å². The smallest absolute Gasteiger partial charge is 0.471 e. The summed E-state index contributed by atoms with van der Waals surface area (Å²) in [5, 5.41) is 0.555. The molecule has 0 saturated carbocycles. The molecule has 0 bridgehead atoms. The summed E-state index contributed by atoms with van der Waals surface area (Å²) in [5.74, 6) is 2.81. The van der Waals surface area contributed by atoms with Crippen LogP contribution in [0.15, 0.2) is 24.3 Å². The molecule has 0 aliphatic heterocycles. The number of hydrogen-bond donors (Lipinski definition) is 0. The lowest BCUT2D eigenvalue weighted by Crippen LogP contribution is -1.98. The third-order valence-electron chi connectivity index (χ3n) is 1.09.